The van der Waals surface area contributed by atoms with E-state index in [4.69, 9.17) is 9.47 Å². The van der Waals surface area contributed by atoms with E-state index in [0.717, 1.165) is 21.9 Å². The molecule has 5 heteroatoms. The number of rotatable bonds is 2. The highest BCUT2D eigenvalue weighted by Gasteiger charge is 2.23. The van der Waals surface area contributed by atoms with Gasteiger partial charge < -0.3 is 9.47 Å². The van der Waals surface area contributed by atoms with Crippen LogP contribution in [0.25, 0.3) is 6.08 Å². The summed E-state index contributed by atoms with van der Waals surface area (Å²) in [7, 11) is 0. The van der Waals surface area contributed by atoms with Crippen molar-refractivity contribution in [1.82, 2.24) is 0 Å². The maximum Gasteiger partial charge on any atom is 0.284 e. The molecule has 0 aromatic heterocycles. The van der Waals surface area contributed by atoms with Crippen LogP contribution in [0.3, 0.4) is 0 Å². The van der Waals surface area contributed by atoms with Crippen molar-refractivity contribution in [2.24, 2.45) is 4.99 Å². The smallest absolute Gasteiger partial charge is 0.284 e. The first-order valence-electron chi connectivity index (χ1n) is 7.18. The van der Waals surface area contributed by atoms with Gasteiger partial charge in [-0.15, -0.1) is 0 Å². The zero-order valence-corrected chi connectivity index (χ0v) is 13.2. The van der Waals surface area contributed by atoms with Crippen LogP contribution in [0.1, 0.15) is 16.7 Å². The lowest BCUT2D eigenvalue weighted by Gasteiger charge is -2.01. The summed E-state index contributed by atoms with van der Waals surface area (Å²) in [6.07, 6.45) is 1.83. The van der Waals surface area contributed by atoms with Crippen molar-refractivity contribution in [3.05, 3.63) is 64.1 Å². The van der Waals surface area contributed by atoms with E-state index >= 15 is 0 Å². The average Bonchev–Trinajstić information content (AvgIpc) is 3.15. The third-order valence-corrected chi connectivity index (χ3v) is 4.65. The number of aryl methyl sites for hydroxylation is 1. The normalized spacial score (nSPS) is 17.7. The molecule has 2 aliphatic heterocycles. The summed E-state index contributed by atoms with van der Waals surface area (Å²) < 4.78 is 10.7. The molecule has 4 nitrogen and oxygen atoms in total. The van der Waals surface area contributed by atoms with Crippen molar-refractivity contribution in [2.75, 3.05) is 6.79 Å². The monoisotopic (exact) mass is 323 g/mol. The molecule has 0 fully saturated rings. The van der Waals surface area contributed by atoms with Gasteiger partial charge in [0.1, 0.15) is 5.04 Å². The van der Waals surface area contributed by atoms with Crippen LogP contribution < -0.4 is 9.47 Å². The number of fused-ring (bicyclic) bond motifs is 1. The molecule has 1 amide bonds. The first-order chi connectivity index (χ1) is 11.2. The number of hydrogen-bond acceptors (Lipinski definition) is 4. The molecule has 0 saturated carbocycles. The molecule has 2 aromatic rings. The van der Waals surface area contributed by atoms with Crippen LogP contribution >= 0.6 is 11.8 Å². The molecular weight excluding hydrogens is 310 g/mol. The third-order valence-electron chi connectivity index (χ3n) is 3.61. The van der Waals surface area contributed by atoms with Gasteiger partial charge in [-0.1, -0.05) is 47.7 Å². The van der Waals surface area contributed by atoms with Crippen molar-refractivity contribution in [2.45, 2.75) is 6.92 Å². The summed E-state index contributed by atoms with van der Waals surface area (Å²) in [5.41, 5.74) is 3.04. The lowest BCUT2D eigenvalue weighted by atomic mass is 10.2. The highest BCUT2D eigenvalue weighted by Crippen LogP contribution is 2.36. The SMILES string of the molecule is Cc1ccc(C2=NC(=O)/C(=C/c3ccc4c(c3)OCO4)S2)cc1. The molecule has 0 N–H and O–H groups in total. The number of benzene rings is 2. The van der Waals surface area contributed by atoms with E-state index in [0.29, 0.717) is 10.7 Å². The Labute approximate surface area is 137 Å². The minimum Gasteiger partial charge on any atom is -0.454 e. The van der Waals surface area contributed by atoms with Crippen molar-refractivity contribution in [3.63, 3.8) is 0 Å². The Hall–Kier alpha value is -2.53. The van der Waals surface area contributed by atoms with Crippen LogP contribution in [0, 0.1) is 6.92 Å². The molecule has 4 rings (SSSR count). The van der Waals surface area contributed by atoms with Gasteiger partial charge in [0.25, 0.3) is 5.91 Å². The van der Waals surface area contributed by atoms with E-state index in [1.165, 1.54) is 17.3 Å². The Morgan fingerprint density at radius 2 is 1.87 bits per heavy atom. The topological polar surface area (TPSA) is 47.9 Å². The molecule has 0 spiro atoms. The minimum atomic E-state index is -0.205. The van der Waals surface area contributed by atoms with E-state index in [2.05, 4.69) is 4.99 Å². The second-order valence-corrected chi connectivity index (χ2v) is 6.34. The molecule has 0 saturated heterocycles. The van der Waals surface area contributed by atoms with Gasteiger partial charge in [-0.05, 0) is 30.7 Å². The molecule has 0 aliphatic carbocycles. The molecule has 0 bridgehead atoms. The highest BCUT2D eigenvalue weighted by atomic mass is 32.2. The van der Waals surface area contributed by atoms with Crippen LogP contribution in [-0.4, -0.2) is 17.7 Å². The minimum absolute atomic E-state index is 0.205. The Morgan fingerprint density at radius 3 is 2.70 bits per heavy atom. The number of aliphatic imine (C=N–C) groups is 1. The quantitative estimate of drug-likeness (QED) is 0.789. The van der Waals surface area contributed by atoms with Gasteiger partial charge in [-0.3, -0.25) is 4.79 Å². The summed E-state index contributed by atoms with van der Waals surface area (Å²) >= 11 is 1.40. The number of carbonyl (C=O) groups is 1. The average molecular weight is 323 g/mol. The molecule has 114 valence electrons. The van der Waals surface area contributed by atoms with Crippen LogP contribution in [-0.2, 0) is 4.79 Å². The second kappa shape index (κ2) is 5.59. The fourth-order valence-corrected chi connectivity index (χ4v) is 3.30. The largest absolute Gasteiger partial charge is 0.454 e. The van der Waals surface area contributed by atoms with E-state index < -0.39 is 0 Å². The van der Waals surface area contributed by atoms with Crippen LogP contribution in [0.2, 0.25) is 0 Å². The number of nitrogens with zero attached hydrogens (tertiary/aromatic N) is 1. The molecule has 0 unspecified atom stereocenters. The van der Waals surface area contributed by atoms with Gasteiger partial charge in [-0.2, -0.15) is 0 Å². The third kappa shape index (κ3) is 2.75. The Morgan fingerprint density at radius 1 is 1.09 bits per heavy atom. The highest BCUT2D eigenvalue weighted by molar-refractivity contribution is 8.19. The summed E-state index contributed by atoms with van der Waals surface area (Å²) in [6.45, 7) is 2.27. The van der Waals surface area contributed by atoms with Gasteiger partial charge in [0.2, 0.25) is 6.79 Å². The summed E-state index contributed by atoms with van der Waals surface area (Å²) in [5.74, 6) is 1.23. The van der Waals surface area contributed by atoms with E-state index in [-0.39, 0.29) is 12.7 Å². The Balaban J connectivity index is 1.59. The van der Waals surface area contributed by atoms with Gasteiger partial charge in [0.15, 0.2) is 11.5 Å². The number of amides is 1. The second-order valence-electron chi connectivity index (χ2n) is 5.31. The fourth-order valence-electron chi connectivity index (χ4n) is 2.38. The van der Waals surface area contributed by atoms with Crippen LogP contribution in [0.15, 0.2) is 52.4 Å². The maximum atomic E-state index is 12.1. The number of hydrogen-bond donors (Lipinski definition) is 0. The Bertz CT molecular complexity index is 853. The van der Waals surface area contributed by atoms with Gasteiger partial charge in [-0.25, -0.2) is 4.99 Å². The maximum absolute atomic E-state index is 12.1. The molecule has 2 aliphatic rings. The summed E-state index contributed by atoms with van der Waals surface area (Å²) in [4.78, 5) is 16.9. The molecule has 2 aromatic carbocycles. The van der Waals surface area contributed by atoms with E-state index in [9.17, 15) is 4.79 Å². The lowest BCUT2D eigenvalue weighted by molar-refractivity contribution is -0.113. The predicted molar refractivity (Wildman–Crippen MR) is 90.9 cm³/mol. The van der Waals surface area contributed by atoms with Crippen LogP contribution in [0.4, 0.5) is 0 Å². The zero-order chi connectivity index (χ0) is 15.8. The molecule has 0 radical (unpaired) electrons. The van der Waals surface area contributed by atoms with E-state index in [1.807, 2.05) is 55.5 Å². The van der Waals surface area contributed by atoms with Gasteiger partial charge in [0, 0.05) is 5.56 Å². The molecule has 23 heavy (non-hydrogen) atoms. The van der Waals surface area contributed by atoms with Gasteiger partial charge in [0.05, 0.1) is 4.91 Å². The Kier molecular flexibility index (Phi) is 3.42. The zero-order valence-electron chi connectivity index (χ0n) is 12.4. The van der Waals surface area contributed by atoms with E-state index in [1.54, 1.807) is 0 Å². The molecule has 0 atom stereocenters. The fraction of sp³-hybridized carbons (Fsp3) is 0.111. The number of carbonyl (C=O) groups excluding carboxylic acids is 1. The number of thioether (sulfide) groups is 1. The summed E-state index contributed by atoms with van der Waals surface area (Å²) in [5, 5.41) is 0.738. The number of ether oxygens (including phenoxy) is 2. The predicted octanol–water partition coefficient (Wildman–Crippen LogP) is 3.78. The first-order valence-corrected chi connectivity index (χ1v) is 8.00. The van der Waals surface area contributed by atoms with Gasteiger partial charge >= 0.3 is 0 Å². The standard InChI is InChI=1S/C18H13NO3S/c1-11-2-5-13(6-3-11)18-19-17(20)16(23-18)9-12-4-7-14-15(8-12)22-10-21-14/h2-9H,10H2,1H3/b16-9-. The van der Waals surface area contributed by atoms with Crippen molar-refractivity contribution in [1.29, 1.82) is 0 Å². The van der Waals surface area contributed by atoms with Crippen molar-refractivity contribution < 1.29 is 14.3 Å². The van der Waals surface area contributed by atoms with Crippen molar-refractivity contribution in [3.8, 4) is 11.5 Å². The summed E-state index contributed by atoms with van der Waals surface area (Å²) in [6, 6.07) is 13.6. The first kappa shape index (κ1) is 14.1. The van der Waals surface area contributed by atoms with Crippen molar-refractivity contribution >= 4 is 28.8 Å². The lowest BCUT2D eigenvalue weighted by Crippen LogP contribution is -1.92. The molecular formula is C18H13NO3S. The van der Waals surface area contributed by atoms with Crippen LogP contribution in [0.5, 0.6) is 11.5 Å². The molecule has 2 heterocycles.